The van der Waals surface area contributed by atoms with Crippen molar-refractivity contribution in [3.8, 4) is 11.5 Å². The average Bonchev–Trinajstić information content (AvgIpc) is 2.67. The van der Waals surface area contributed by atoms with Crippen LogP contribution in [0.1, 0.15) is 12.5 Å². The van der Waals surface area contributed by atoms with Crippen LogP contribution in [0.25, 0.3) is 6.08 Å². The van der Waals surface area contributed by atoms with Crippen LogP contribution in [0, 0.1) is 0 Å². The molecule has 0 saturated heterocycles. The summed E-state index contributed by atoms with van der Waals surface area (Å²) in [7, 11) is 0. The van der Waals surface area contributed by atoms with Crippen molar-refractivity contribution in [1.82, 2.24) is 0 Å². The van der Waals surface area contributed by atoms with Crippen LogP contribution in [0.5, 0.6) is 11.5 Å². The fraction of sp³-hybridized carbons (Fsp3) is 0.200. The van der Waals surface area contributed by atoms with Crippen molar-refractivity contribution >= 4 is 23.6 Å². The van der Waals surface area contributed by atoms with Gasteiger partial charge in [0.25, 0.3) is 5.91 Å². The summed E-state index contributed by atoms with van der Waals surface area (Å²) < 4.78 is 16.0. The minimum Gasteiger partial charge on any atom is -0.486 e. The molecule has 2 aromatic rings. The zero-order valence-electron chi connectivity index (χ0n) is 14.3. The predicted molar refractivity (Wildman–Crippen MR) is 97.1 cm³/mol. The quantitative estimate of drug-likeness (QED) is 0.661. The maximum absolute atomic E-state index is 12.2. The van der Waals surface area contributed by atoms with E-state index in [2.05, 4.69) is 5.32 Å². The topological polar surface area (TPSA) is 73.9 Å². The summed E-state index contributed by atoms with van der Waals surface area (Å²) >= 11 is 0. The summed E-state index contributed by atoms with van der Waals surface area (Å²) in [5.74, 6) is 0.200. The van der Waals surface area contributed by atoms with E-state index in [9.17, 15) is 9.59 Å². The second kappa shape index (κ2) is 8.20. The highest BCUT2D eigenvalue weighted by atomic mass is 16.6. The molecule has 0 aliphatic carbocycles. The summed E-state index contributed by atoms with van der Waals surface area (Å²) in [5.41, 5.74) is 1.42. The number of ether oxygens (including phenoxy) is 3. The van der Waals surface area contributed by atoms with Gasteiger partial charge < -0.3 is 19.5 Å². The molecule has 1 amide bonds. The van der Waals surface area contributed by atoms with Gasteiger partial charge in [0.15, 0.2) is 17.6 Å². The van der Waals surface area contributed by atoms with Crippen LogP contribution in [0.3, 0.4) is 0 Å². The highest BCUT2D eigenvalue weighted by Crippen LogP contribution is 2.32. The number of nitrogens with one attached hydrogen (secondary N) is 1. The smallest absolute Gasteiger partial charge is 0.331 e. The fourth-order valence-corrected chi connectivity index (χ4v) is 2.36. The molecule has 1 aliphatic heterocycles. The molecule has 1 aliphatic rings. The second-order valence-corrected chi connectivity index (χ2v) is 5.67. The third-order valence-corrected chi connectivity index (χ3v) is 3.68. The molecular formula is C20H19NO5. The Balaban J connectivity index is 1.54. The Kier molecular flexibility index (Phi) is 5.53. The minimum atomic E-state index is -0.934. The Morgan fingerprint density at radius 1 is 1.08 bits per heavy atom. The summed E-state index contributed by atoms with van der Waals surface area (Å²) in [6.45, 7) is 2.48. The number of rotatable bonds is 5. The number of benzene rings is 2. The lowest BCUT2D eigenvalue weighted by molar-refractivity contribution is -0.148. The van der Waals surface area contributed by atoms with Crippen LogP contribution in [-0.4, -0.2) is 31.2 Å². The molecule has 0 aromatic heterocycles. The first-order valence-corrected chi connectivity index (χ1v) is 8.26. The lowest BCUT2D eigenvalue weighted by atomic mass is 10.2. The number of esters is 1. The molecule has 26 heavy (non-hydrogen) atoms. The van der Waals surface area contributed by atoms with E-state index in [4.69, 9.17) is 14.2 Å². The maximum atomic E-state index is 12.2. The number of fused-ring (bicyclic) bond motifs is 1. The molecule has 3 rings (SSSR count). The standard InChI is InChI=1S/C20H19NO5/c1-14(26-19(22)10-7-15-5-3-2-4-6-15)20(23)21-16-8-9-17-18(13-16)25-12-11-24-17/h2-10,13-14H,11-12H2,1H3,(H,21,23)/b10-7+. The van der Waals surface area contributed by atoms with Gasteiger partial charge in [-0.15, -0.1) is 0 Å². The van der Waals surface area contributed by atoms with Crippen LogP contribution in [0.15, 0.2) is 54.6 Å². The maximum Gasteiger partial charge on any atom is 0.331 e. The Morgan fingerprint density at radius 2 is 1.81 bits per heavy atom. The van der Waals surface area contributed by atoms with Crippen molar-refractivity contribution in [3.63, 3.8) is 0 Å². The monoisotopic (exact) mass is 353 g/mol. The fourth-order valence-electron chi connectivity index (χ4n) is 2.36. The van der Waals surface area contributed by atoms with Gasteiger partial charge in [-0.3, -0.25) is 4.79 Å². The molecule has 1 unspecified atom stereocenters. The summed E-state index contributed by atoms with van der Waals surface area (Å²) in [4.78, 5) is 24.1. The van der Waals surface area contributed by atoms with Gasteiger partial charge >= 0.3 is 5.97 Å². The van der Waals surface area contributed by atoms with Crippen molar-refractivity contribution in [3.05, 3.63) is 60.2 Å². The highest BCUT2D eigenvalue weighted by molar-refractivity contribution is 5.96. The van der Waals surface area contributed by atoms with Crippen molar-refractivity contribution in [2.75, 3.05) is 18.5 Å². The number of hydrogen-bond donors (Lipinski definition) is 1. The van der Waals surface area contributed by atoms with Crippen molar-refractivity contribution in [1.29, 1.82) is 0 Å². The number of anilines is 1. The number of carbonyl (C=O) groups is 2. The molecular weight excluding hydrogens is 334 g/mol. The zero-order chi connectivity index (χ0) is 18.4. The van der Waals surface area contributed by atoms with Gasteiger partial charge in [-0.05, 0) is 30.7 Å². The Bertz CT molecular complexity index is 816. The van der Waals surface area contributed by atoms with Crippen molar-refractivity contribution < 1.29 is 23.8 Å². The largest absolute Gasteiger partial charge is 0.486 e. The Labute approximate surface area is 151 Å². The molecule has 0 saturated carbocycles. The molecule has 0 bridgehead atoms. The molecule has 2 aromatic carbocycles. The Morgan fingerprint density at radius 3 is 2.58 bits per heavy atom. The minimum absolute atomic E-state index is 0.428. The van der Waals surface area contributed by atoms with Crippen molar-refractivity contribution in [2.45, 2.75) is 13.0 Å². The van der Waals surface area contributed by atoms with Gasteiger partial charge in [-0.25, -0.2) is 4.79 Å². The van der Waals surface area contributed by atoms with E-state index in [1.54, 1.807) is 24.3 Å². The second-order valence-electron chi connectivity index (χ2n) is 5.67. The lowest BCUT2D eigenvalue weighted by Crippen LogP contribution is -2.29. The molecule has 134 valence electrons. The van der Waals surface area contributed by atoms with Gasteiger partial charge in [0.1, 0.15) is 13.2 Å². The number of hydrogen-bond acceptors (Lipinski definition) is 5. The van der Waals surface area contributed by atoms with E-state index < -0.39 is 18.0 Å². The zero-order valence-corrected chi connectivity index (χ0v) is 14.3. The first kappa shape index (κ1) is 17.5. The van der Waals surface area contributed by atoms with Crippen LogP contribution in [-0.2, 0) is 14.3 Å². The van der Waals surface area contributed by atoms with Gasteiger partial charge in [-0.1, -0.05) is 30.3 Å². The van der Waals surface area contributed by atoms with E-state index in [1.807, 2.05) is 30.3 Å². The van der Waals surface area contributed by atoms with E-state index in [0.29, 0.717) is 30.4 Å². The van der Waals surface area contributed by atoms with Crippen LogP contribution in [0.4, 0.5) is 5.69 Å². The van der Waals surface area contributed by atoms with E-state index in [1.165, 1.54) is 13.0 Å². The first-order valence-electron chi connectivity index (χ1n) is 8.26. The van der Waals surface area contributed by atoms with E-state index >= 15 is 0 Å². The van der Waals surface area contributed by atoms with Crippen molar-refractivity contribution in [2.24, 2.45) is 0 Å². The highest BCUT2D eigenvalue weighted by Gasteiger charge is 2.18. The molecule has 1 atom stereocenters. The van der Waals surface area contributed by atoms with Crippen LogP contribution in [0.2, 0.25) is 0 Å². The molecule has 0 radical (unpaired) electrons. The molecule has 0 spiro atoms. The van der Waals surface area contributed by atoms with Crippen LogP contribution >= 0.6 is 0 Å². The first-order chi connectivity index (χ1) is 12.6. The van der Waals surface area contributed by atoms with Gasteiger partial charge in [-0.2, -0.15) is 0 Å². The number of amides is 1. The predicted octanol–water partition coefficient (Wildman–Crippen LogP) is 3.04. The molecule has 1 heterocycles. The molecule has 1 N–H and O–H groups in total. The normalized spacial score (nSPS) is 13.9. The SMILES string of the molecule is CC(OC(=O)/C=C/c1ccccc1)C(=O)Nc1ccc2c(c1)OCCO2. The van der Waals surface area contributed by atoms with Gasteiger partial charge in [0, 0.05) is 17.8 Å². The number of carbonyl (C=O) groups excluding carboxylic acids is 2. The lowest BCUT2D eigenvalue weighted by Gasteiger charge is -2.19. The van der Waals surface area contributed by atoms with Gasteiger partial charge in [0.05, 0.1) is 0 Å². The average molecular weight is 353 g/mol. The summed E-state index contributed by atoms with van der Waals surface area (Å²) in [5, 5.41) is 2.70. The third kappa shape index (κ3) is 4.63. The molecule has 6 nitrogen and oxygen atoms in total. The summed E-state index contributed by atoms with van der Waals surface area (Å²) in [6, 6.07) is 14.5. The third-order valence-electron chi connectivity index (χ3n) is 3.68. The Hall–Kier alpha value is -3.28. The van der Waals surface area contributed by atoms with Crippen LogP contribution < -0.4 is 14.8 Å². The van der Waals surface area contributed by atoms with Gasteiger partial charge in [0.2, 0.25) is 0 Å². The molecule has 6 heteroatoms. The summed E-state index contributed by atoms with van der Waals surface area (Å²) in [6.07, 6.45) is 1.99. The van der Waals surface area contributed by atoms with E-state index in [-0.39, 0.29) is 0 Å². The van der Waals surface area contributed by atoms with E-state index in [0.717, 1.165) is 5.56 Å². The molecule has 0 fully saturated rings.